The zero-order valence-corrected chi connectivity index (χ0v) is 16.9. The summed E-state index contributed by atoms with van der Waals surface area (Å²) in [6, 6.07) is 31.2. The number of rotatable bonds is 5. The zero-order valence-electron chi connectivity index (χ0n) is 16.9. The third-order valence-corrected chi connectivity index (χ3v) is 5.82. The maximum absolute atomic E-state index is 13.6. The molecule has 0 radical (unpaired) electrons. The highest BCUT2D eigenvalue weighted by Gasteiger charge is 2.32. The third kappa shape index (κ3) is 4.57. The molecule has 1 fully saturated rings. The van der Waals surface area contributed by atoms with Crippen molar-refractivity contribution in [1.82, 2.24) is 9.80 Å². The lowest BCUT2D eigenvalue weighted by Crippen LogP contribution is -2.54. The molecule has 3 aromatic carbocycles. The molecule has 0 saturated carbocycles. The summed E-state index contributed by atoms with van der Waals surface area (Å²) in [5.41, 5.74) is 3.44. The van der Waals surface area contributed by atoms with Gasteiger partial charge in [0, 0.05) is 32.2 Å². The van der Waals surface area contributed by atoms with E-state index in [9.17, 15) is 4.79 Å². The van der Waals surface area contributed by atoms with E-state index in [1.807, 2.05) is 36.4 Å². The Morgan fingerprint density at radius 2 is 1.34 bits per heavy atom. The molecule has 3 heteroatoms. The van der Waals surface area contributed by atoms with Crippen molar-refractivity contribution < 1.29 is 4.79 Å². The van der Waals surface area contributed by atoms with Crippen molar-refractivity contribution in [1.29, 1.82) is 0 Å². The molecule has 0 spiro atoms. The van der Waals surface area contributed by atoms with Crippen molar-refractivity contribution in [3.8, 4) is 0 Å². The molecule has 3 nitrogen and oxygen atoms in total. The van der Waals surface area contributed by atoms with E-state index in [4.69, 9.17) is 0 Å². The number of hydrogen-bond donors (Lipinski definition) is 0. The fourth-order valence-corrected chi connectivity index (χ4v) is 4.20. The Morgan fingerprint density at radius 3 is 1.86 bits per heavy atom. The molecule has 3 aromatic rings. The van der Waals surface area contributed by atoms with Gasteiger partial charge in [0.2, 0.25) is 5.91 Å². The van der Waals surface area contributed by atoms with Crippen molar-refractivity contribution in [3.05, 3.63) is 108 Å². The van der Waals surface area contributed by atoms with Gasteiger partial charge in [0.25, 0.3) is 0 Å². The minimum atomic E-state index is -0.245. The van der Waals surface area contributed by atoms with Crippen molar-refractivity contribution in [2.75, 3.05) is 19.6 Å². The Kier molecular flexibility index (Phi) is 6.06. The molecule has 0 N–H and O–H groups in total. The van der Waals surface area contributed by atoms with E-state index in [1.54, 1.807) is 0 Å². The molecule has 0 bridgehead atoms. The largest absolute Gasteiger partial charge is 0.339 e. The first kappa shape index (κ1) is 19.4. The van der Waals surface area contributed by atoms with Gasteiger partial charge in [-0.15, -0.1) is 0 Å². The third-order valence-electron chi connectivity index (χ3n) is 5.82. The highest BCUT2D eigenvalue weighted by molar-refractivity contribution is 5.87. The van der Waals surface area contributed by atoms with E-state index in [0.717, 1.165) is 37.3 Å². The highest BCUT2D eigenvalue weighted by Crippen LogP contribution is 2.28. The molecule has 1 aliphatic rings. The van der Waals surface area contributed by atoms with Crippen LogP contribution in [0.4, 0.5) is 0 Å². The first-order valence-corrected chi connectivity index (χ1v) is 10.4. The molecule has 1 atom stereocenters. The van der Waals surface area contributed by atoms with Gasteiger partial charge in [-0.05, 0) is 23.6 Å². The standard InChI is InChI=1S/C26H28N2O/c1-21-19-28(18-17-27(21)20-22-11-5-2-6-12-22)26(29)25(23-13-7-3-8-14-23)24-15-9-4-10-16-24/h2-16,21,25H,17-20H2,1H3. The Morgan fingerprint density at radius 1 is 0.828 bits per heavy atom. The summed E-state index contributed by atoms with van der Waals surface area (Å²) >= 11 is 0. The highest BCUT2D eigenvalue weighted by atomic mass is 16.2. The summed E-state index contributed by atoms with van der Waals surface area (Å²) in [7, 11) is 0. The first-order valence-electron chi connectivity index (χ1n) is 10.4. The van der Waals surface area contributed by atoms with E-state index < -0.39 is 0 Å². The van der Waals surface area contributed by atoms with Gasteiger partial charge in [0.05, 0.1) is 5.92 Å². The molecule has 29 heavy (non-hydrogen) atoms. The maximum Gasteiger partial charge on any atom is 0.234 e. The molecule has 4 rings (SSSR count). The smallest absolute Gasteiger partial charge is 0.234 e. The molecular formula is C26H28N2O. The van der Waals surface area contributed by atoms with Crippen LogP contribution in [0.2, 0.25) is 0 Å². The van der Waals surface area contributed by atoms with Gasteiger partial charge < -0.3 is 4.90 Å². The summed E-state index contributed by atoms with van der Waals surface area (Å²) in [5, 5.41) is 0. The normalized spacial score (nSPS) is 17.4. The van der Waals surface area contributed by atoms with Crippen LogP contribution >= 0.6 is 0 Å². The minimum Gasteiger partial charge on any atom is -0.339 e. The van der Waals surface area contributed by atoms with Crippen LogP contribution in [0.5, 0.6) is 0 Å². The van der Waals surface area contributed by atoms with Crippen LogP contribution in [0.15, 0.2) is 91.0 Å². The predicted molar refractivity (Wildman–Crippen MR) is 118 cm³/mol. The van der Waals surface area contributed by atoms with Gasteiger partial charge in [0.1, 0.15) is 0 Å². The second kappa shape index (κ2) is 9.06. The lowest BCUT2D eigenvalue weighted by molar-refractivity contribution is -0.134. The number of nitrogens with zero attached hydrogens (tertiary/aromatic N) is 2. The first-order chi connectivity index (χ1) is 14.2. The van der Waals surface area contributed by atoms with E-state index >= 15 is 0 Å². The number of piperazine rings is 1. The van der Waals surface area contributed by atoms with Crippen LogP contribution in [0.25, 0.3) is 0 Å². The van der Waals surface area contributed by atoms with E-state index in [0.29, 0.717) is 6.04 Å². The molecule has 1 saturated heterocycles. The summed E-state index contributed by atoms with van der Waals surface area (Å²) in [5.74, 6) is -0.0427. The van der Waals surface area contributed by atoms with Gasteiger partial charge in [-0.3, -0.25) is 9.69 Å². The molecule has 1 unspecified atom stereocenters. The summed E-state index contributed by atoms with van der Waals surface area (Å²) in [4.78, 5) is 18.1. The number of hydrogen-bond acceptors (Lipinski definition) is 2. The Balaban J connectivity index is 1.50. The van der Waals surface area contributed by atoms with E-state index in [1.165, 1.54) is 5.56 Å². The Labute approximate surface area is 173 Å². The summed E-state index contributed by atoms with van der Waals surface area (Å²) in [6.07, 6.45) is 0. The van der Waals surface area contributed by atoms with Crippen molar-refractivity contribution >= 4 is 5.91 Å². The zero-order chi connectivity index (χ0) is 20.1. The molecule has 1 aliphatic heterocycles. The average molecular weight is 385 g/mol. The van der Waals surface area contributed by atoms with E-state index in [-0.39, 0.29) is 11.8 Å². The monoisotopic (exact) mass is 384 g/mol. The van der Waals surface area contributed by atoms with Gasteiger partial charge in [-0.25, -0.2) is 0 Å². The molecule has 0 aliphatic carbocycles. The van der Waals surface area contributed by atoms with Gasteiger partial charge in [-0.1, -0.05) is 91.0 Å². The van der Waals surface area contributed by atoms with Gasteiger partial charge in [-0.2, -0.15) is 0 Å². The lowest BCUT2D eigenvalue weighted by Gasteiger charge is -2.41. The number of carbonyl (C=O) groups is 1. The summed E-state index contributed by atoms with van der Waals surface area (Å²) < 4.78 is 0. The van der Waals surface area contributed by atoms with Gasteiger partial charge in [0.15, 0.2) is 0 Å². The molecule has 1 heterocycles. The minimum absolute atomic E-state index is 0.202. The van der Waals surface area contributed by atoms with E-state index in [2.05, 4.69) is 71.3 Å². The summed E-state index contributed by atoms with van der Waals surface area (Å²) in [6.45, 7) is 5.60. The fourth-order valence-electron chi connectivity index (χ4n) is 4.20. The van der Waals surface area contributed by atoms with Gasteiger partial charge >= 0.3 is 0 Å². The Bertz CT molecular complexity index is 872. The maximum atomic E-state index is 13.6. The van der Waals surface area contributed by atoms with Crippen molar-refractivity contribution in [3.63, 3.8) is 0 Å². The Hall–Kier alpha value is -2.91. The molecule has 1 amide bonds. The topological polar surface area (TPSA) is 23.6 Å². The number of carbonyl (C=O) groups excluding carboxylic acids is 1. The van der Waals surface area contributed by atoms with Crippen molar-refractivity contribution in [2.45, 2.75) is 25.4 Å². The van der Waals surface area contributed by atoms with Crippen LogP contribution in [0.1, 0.15) is 29.5 Å². The second-order valence-electron chi connectivity index (χ2n) is 7.84. The molecule has 0 aromatic heterocycles. The lowest BCUT2D eigenvalue weighted by atomic mass is 9.89. The van der Waals surface area contributed by atoms with Crippen LogP contribution in [-0.2, 0) is 11.3 Å². The van der Waals surface area contributed by atoms with Crippen LogP contribution in [-0.4, -0.2) is 41.4 Å². The van der Waals surface area contributed by atoms with Crippen LogP contribution in [0, 0.1) is 0 Å². The van der Waals surface area contributed by atoms with Crippen molar-refractivity contribution in [2.24, 2.45) is 0 Å². The van der Waals surface area contributed by atoms with Crippen LogP contribution in [0.3, 0.4) is 0 Å². The van der Waals surface area contributed by atoms with Crippen LogP contribution < -0.4 is 0 Å². The average Bonchev–Trinajstić information content (AvgIpc) is 2.77. The second-order valence-corrected chi connectivity index (χ2v) is 7.84. The predicted octanol–water partition coefficient (Wildman–Crippen LogP) is 4.55. The number of benzene rings is 3. The quantitative estimate of drug-likeness (QED) is 0.644. The number of amides is 1. The SMILES string of the molecule is CC1CN(C(=O)C(c2ccccc2)c2ccccc2)CCN1Cc1ccccc1. The molecular weight excluding hydrogens is 356 g/mol. The molecule has 148 valence electrons. The fraction of sp³-hybridized carbons (Fsp3) is 0.269.